The molecule has 110 valence electrons. The van der Waals surface area contributed by atoms with E-state index >= 15 is 0 Å². The normalized spacial score (nSPS) is 18.3. The van der Waals surface area contributed by atoms with E-state index < -0.39 is 6.67 Å². The predicted octanol–water partition coefficient (Wildman–Crippen LogP) is 4.17. The van der Waals surface area contributed by atoms with Gasteiger partial charge in [-0.05, 0) is 18.4 Å². The van der Waals surface area contributed by atoms with Crippen LogP contribution in [0.2, 0.25) is 0 Å². The maximum Gasteiger partial charge on any atom is 0.132 e. The molecule has 2 rings (SSSR count). The third kappa shape index (κ3) is 4.42. The Hall–Kier alpha value is -2.16. The van der Waals surface area contributed by atoms with Gasteiger partial charge in [-0.1, -0.05) is 67.6 Å². The van der Waals surface area contributed by atoms with Crippen molar-refractivity contribution in [2.75, 3.05) is 6.67 Å². The van der Waals surface area contributed by atoms with Gasteiger partial charge >= 0.3 is 0 Å². The van der Waals surface area contributed by atoms with Gasteiger partial charge in [-0.3, -0.25) is 0 Å². The average Bonchev–Trinajstić information content (AvgIpc) is 2.54. The molecule has 1 aliphatic rings. The van der Waals surface area contributed by atoms with Gasteiger partial charge in [0.25, 0.3) is 0 Å². The number of aliphatic imine (C=N–C) groups is 1. The molecule has 1 aromatic rings. The number of halogens is 1. The van der Waals surface area contributed by atoms with E-state index in [0.717, 1.165) is 18.4 Å². The number of benzene rings is 1. The van der Waals surface area contributed by atoms with Crippen LogP contribution < -0.4 is 5.32 Å². The van der Waals surface area contributed by atoms with Gasteiger partial charge < -0.3 is 5.32 Å². The minimum atomic E-state index is -0.606. The Labute approximate surface area is 125 Å². The van der Waals surface area contributed by atoms with Crippen molar-refractivity contribution in [2.45, 2.75) is 25.8 Å². The fourth-order valence-electron chi connectivity index (χ4n) is 2.25. The van der Waals surface area contributed by atoms with Crippen molar-refractivity contribution in [3.05, 3.63) is 72.1 Å². The van der Waals surface area contributed by atoms with Crippen LogP contribution in [-0.4, -0.2) is 18.4 Å². The zero-order chi connectivity index (χ0) is 15.1. The zero-order valence-corrected chi connectivity index (χ0v) is 12.3. The Balaban J connectivity index is 1.99. The molecule has 0 amide bonds. The quantitative estimate of drug-likeness (QED) is 0.779. The summed E-state index contributed by atoms with van der Waals surface area (Å²) in [6.45, 7) is 5.41. The summed E-state index contributed by atoms with van der Waals surface area (Å²) >= 11 is 0. The first-order valence-electron chi connectivity index (χ1n) is 7.24. The number of nitrogens with zero attached hydrogens (tertiary/aromatic N) is 1. The van der Waals surface area contributed by atoms with Crippen LogP contribution in [0.25, 0.3) is 0 Å². The van der Waals surface area contributed by atoms with Crippen molar-refractivity contribution in [1.29, 1.82) is 0 Å². The third-order valence-corrected chi connectivity index (χ3v) is 3.44. The van der Waals surface area contributed by atoms with Crippen molar-refractivity contribution in [3.8, 4) is 0 Å². The maximum atomic E-state index is 13.2. The van der Waals surface area contributed by atoms with E-state index in [9.17, 15) is 4.39 Å². The first-order chi connectivity index (χ1) is 10.2. The molecule has 3 heteroatoms. The van der Waals surface area contributed by atoms with E-state index in [0.29, 0.717) is 11.5 Å². The summed E-state index contributed by atoms with van der Waals surface area (Å²) in [5.41, 5.74) is 2.53. The molecule has 0 heterocycles. The average molecular weight is 284 g/mol. The van der Waals surface area contributed by atoms with Crippen LogP contribution in [0.4, 0.5) is 4.39 Å². The van der Waals surface area contributed by atoms with E-state index in [-0.39, 0.29) is 6.04 Å². The molecule has 21 heavy (non-hydrogen) atoms. The second-order valence-electron chi connectivity index (χ2n) is 4.98. The smallest absolute Gasteiger partial charge is 0.132 e. The van der Waals surface area contributed by atoms with Crippen LogP contribution in [0.3, 0.4) is 0 Å². The van der Waals surface area contributed by atoms with E-state index in [1.807, 2.05) is 30.3 Å². The van der Waals surface area contributed by atoms with Crippen LogP contribution in [0.15, 0.2) is 71.5 Å². The molecule has 2 nitrogen and oxygen atoms in total. The number of alkyl halides is 1. The molecule has 0 saturated heterocycles. The van der Waals surface area contributed by atoms with E-state index in [4.69, 9.17) is 0 Å². The van der Waals surface area contributed by atoms with Gasteiger partial charge in [-0.2, -0.15) is 0 Å². The molecule has 0 aromatic heterocycles. The summed E-state index contributed by atoms with van der Waals surface area (Å²) in [5, 5.41) is 3.22. The molecule has 0 saturated carbocycles. The lowest BCUT2D eigenvalue weighted by molar-refractivity contribution is 0.580. The second kappa shape index (κ2) is 7.58. The second-order valence-corrected chi connectivity index (χ2v) is 4.98. The molecule has 0 fully saturated rings. The third-order valence-electron chi connectivity index (χ3n) is 3.44. The summed E-state index contributed by atoms with van der Waals surface area (Å²) < 4.78 is 13.2. The van der Waals surface area contributed by atoms with Gasteiger partial charge in [0.05, 0.1) is 5.71 Å². The molecular formula is C18H21FN2. The van der Waals surface area contributed by atoms with E-state index in [2.05, 4.69) is 42.0 Å². The van der Waals surface area contributed by atoms with Crippen molar-refractivity contribution < 1.29 is 4.39 Å². The van der Waals surface area contributed by atoms with E-state index in [1.54, 1.807) is 0 Å². The van der Waals surface area contributed by atoms with Crippen molar-refractivity contribution in [1.82, 2.24) is 5.32 Å². The molecular weight excluding hydrogens is 263 g/mol. The fraction of sp³-hybridized carbons (Fsp3) is 0.278. The number of hydrogen-bond donors (Lipinski definition) is 1. The number of rotatable bonds is 6. The van der Waals surface area contributed by atoms with Gasteiger partial charge in [0.2, 0.25) is 0 Å². The lowest BCUT2D eigenvalue weighted by atomic mass is 10.0. The Kier molecular flexibility index (Phi) is 5.50. The first kappa shape index (κ1) is 15.2. The largest absolute Gasteiger partial charge is 0.364 e. The van der Waals surface area contributed by atoms with Crippen molar-refractivity contribution in [2.24, 2.45) is 4.99 Å². The van der Waals surface area contributed by atoms with Crippen LogP contribution in [0.1, 0.15) is 25.3 Å². The van der Waals surface area contributed by atoms with Crippen molar-refractivity contribution in [3.63, 3.8) is 0 Å². The zero-order valence-electron chi connectivity index (χ0n) is 12.3. The van der Waals surface area contributed by atoms with Crippen LogP contribution in [-0.2, 0) is 0 Å². The van der Waals surface area contributed by atoms with Crippen molar-refractivity contribution >= 4 is 5.71 Å². The molecule has 1 aliphatic carbocycles. The molecule has 1 unspecified atom stereocenters. The molecule has 1 atom stereocenters. The topological polar surface area (TPSA) is 24.4 Å². The molecule has 1 aromatic carbocycles. The first-order valence-corrected chi connectivity index (χ1v) is 7.24. The van der Waals surface area contributed by atoms with Crippen LogP contribution in [0.5, 0.6) is 0 Å². The predicted molar refractivity (Wildman–Crippen MR) is 87.1 cm³/mol. The summed E-state index contributed by atoms with van der Waals surface area (Å²) in [7, 11) is 0. The molecule has 0 spiro atoms. The molecule has 1 N–H and O–H groups in total. The van der Waals surface area contributed by atoms with Gasteiger partial charge in [-0.15, -0.1) is 0 Å². The van der Waals surface area contributed by atoms with Gasteiger partial charge in [0.1, 0.15) is 12.5 Å². The monoisotopic (exact) mass is 284 g/mol. The Morgan fingerprint density at radius 3 is 2.71 bits per heavy atom. The SMILES string of the molecule is C=C(N=C(CF)c1ccccc1)NC1C=CC(CC)=CC1. The summed E-state index contributed by atoms with van der Waals surface area (Å²) in [6.07, 6.45) is 8.39. The highest BCUT2D eigenvalue weighted by atomic mass is 19.1. The van der Waals surface area contributed by atoms with Gasteiger partial charge in [0, 0.05) is 6.04 Å². The minimum absolute atomic E-state index is 0.174. The summed E-state index contributed by atoms with van der Waals surface area (Å²) in [4.78, 5) is 4.28. The maximum absolute atomic E-state index is 13.2. The molecule has 0 radical (unpaired) electrons. The minimum Gasteiger partial charge on any atom is -0.364 e. The standard InChI is InChI=1S/C18H21FN2/c1-3-15-9-11-17(12-10-15)20-14(2)21-18(13-19)16-7-5-4-6-8-16/h4-11,17,20H,2-3,12-13H2,1H3. The highest BCUT2D eigenvalue weighted by molar-refractivity contribution is 6.02. The number of hydrogen-bond acceptors (Lipinski definition) is 2. The Morgan fingerprint density at radius 1 is 1.38 bits per heavy atom. The molecule has 0 bridgehead atoms. The summed E-state index contributed by atoms with van der Waals surface area (Å²) in [5.74, 6) is 0.495. The van der Waals surface area contributed by atoms with Crippen LogP contribution >= 0.6 is 0 Å². The highest BCUT2D eigenvalue weighted by Gasteiger charge is 2.09. The van der Waals surface area contributed by atoms with Crippen LogP contribution in [0, 0.1) is 0 Å². The lowest BCUT2D eigenvalue weighted by Crippen LogP contribution is -2.26. The Bertz CT molecular complexity index is 570. The van der Waals surface area contributed by atoms with Gasteiger partial charge in [-0.25, -0.2) is 9.38 Å². The summed E-state index contributed by atoms with van der Waals surface area (Å²) in [6, 6.07) is 9.52. The highest BCUT2D eigenvalue weighted by Crippen LogP contribution is 2.14. The van der Waals surface area contributed by atoms with Gasteiger partial charge in [0.15, 0.2) is 0 Å². The molecule has 0 aliphatic heterocycles. The fourth-order valence-corrected chi connectivity index (χ4v) is 2.25. The number of nitrogens with one attached hydrogen (secondary N) is 1. The van der Waals surface area contributed by atoms with E-state index in [1.165, 1.54) is 5.57 Å². The Morgan fingerprint density at radius 2 is 2.14 bits per heavy atom. The number of allylic oxidation sites excluding steroid dienone is 2. The lowest BCUT2D eigenvalue weighted by Gasteiger charge is -2.18.